The van der Waals surface area contributed by atoms with E-state index in [2.05, 4.69) is 23.2 Å². The van der Waals surface area contributed by atoms with Crippen molar-refractivity contribution in [2.75, 3.05) is 26.2 Å². The zero-order chi connectivity index (χ0) is 9.97. The highest BCUT2D eigenvalue weighted by atomic mass is 16.3. The Hall–Kier alpha value is -0.800. The van der Waals surface area contributed by atoms with Crippen LogP contribution in [0.3, 0.4) is 0 Å². The number of hydrogen-bond donors (Lipinski definition) is 1. The third-order valence-corrected chi connectivity index (χ3v) is 2.87. The van der Waals surface area contributed by atoms with Crippen LogP contribution in [0.5, 0.6) is 0 Å². The summed E-state index contributed by atoms with van der Waals surface area (Å²) in [4.78, 5) is 2.45. The molecule has 14 heavy (non-hydrogen) atoms. The molecule has 1 aliphatic rings. The van der Waals surface area contributed by atoms with Gasteiger partial charge in [0.05, 0.1) is 6.04 Å². The Balaban J connectivity index is 2.03. The molecule has 0 radical (unpaired) electrons. The zero-order valence-corrected chi connectivity index (χ0v) is 8.92. The van der Waals surface area contributed by atoms with Gasteiger partial charge in [-0.1, -0.05) is 0 Å². The summed E-state index contributed by atoms with van der Waals surface area (Å²) in [6.45, 7) is 8.60. The Bertz CT molecular complexity index is 289. The lowest BCUT2D eigenvalue weighted by Crippen LogP contribution is -2.44. The van der Waals surface area contributed by atoms with Crippen molar-refractivity contribution in [1.82, 2.24) is 10.2 Å². The molecular formula is C11H18N2O. The van der Waals surface area contributed by atoms with Gasteiger partial charge in [0.1, 0.15) is 11.5 Å². The molecule has 78 valence electrons. The molecule has 1 atom stereocenters. The van der Waals surface area contributed by atoms with Crippen LogP contribution in [0.4, 0.5) is 0 Å². The highest BCUT2D eigenvalue weighted by Gasteiger charge is 2.19. The summed E-state index contributed by atoms with van der Waals surface area (Å²) < 4.78 is 5.64. The monoisotopic (exact) mass is 194 g/mol. The van der Waals surface area contributed by atoms with E-state index in [1.807, 2.05) is 13.0 Å². The lowest BCUT2D eigenvalue weighted by Gasteiger charge is -2.31. The van der Waals surface area contributed by atoms with Crippen molar-refractivity contribution in [3.05, 3.63) is 23.7 Å². The molecule has 1 unspecified atom stereocenters. The number of nitrogens with one attached hydrogen (secondary N) is 1. The summed E-state index contributed by atoms with van der Waals surface area (Å²) in [6, 6.07) is 4.53. The molecule has 1 N–H and O–H groups in total. The second-order valence-electron chi connectivity index (χ2n) is 3.91. The lowest BCUT2D eigenvalue weighted by molar-refractivity contribution is 0.166. The fourth-order valence-corrected chi connectivity index (χ4v) is 1.93. The quantitative estimate of drug-likeness (QED) is 0.774. The topological polar surface area (TPSA) is 28.4 Å². The van der Waals surface area contributed by atoms with Crippen molar-refractivity contribution in [1.29, 1.82) is 0 Å². The third kappa shape index (κ3) is 1.99. The first kappa shape index (κ1) is 9.74. The molecule has 2 heterocycles. The van der Waals surface area contributed by atoms with Crippen molar-refractivity contribution >= 4 is 0 Å². The largest absolute Gasteiger partial charge is 0.465 e. The number of rotatable bonds is 2. The van der Waals surface area contributed by atoms with E-state index in [0.717, 1.165) is 37.7 Å². The molecule has 1 fully saturated rings. The number of aryl methyl sites for hydroxylation is 1. The normalized spacial score (nSPS) is 21.0. The molecule has 0 spiro atoms. The first-order valence-corrected chi connectivity index (χ1v) is 5.28. The SMILES string of the molecule is Cc1ccc(C(C)N2CCNCC2)o1. The Kier molecular flexibility index (Phi) is 2.89. The Labute approximate surface area is 85.1 Å². The molecule has 0 amide bonds. The minimum atomic E-state index is 0.408. The molecule has 1 aliphatic heterocycles. The van der Waals surface area contributed by atoms with E-state index in [0.29, 0.717) is 6.04 Å². The van der Waals surface area contributed by atoms with Crippen LogP contribution in [-0.2, 0) is 0 Å². The predicted octanol–water partition coefficient (Wildman–Crippen LogP) is 1.55. The summed E-state index contributed by atoms with van der Waals surface area (Å²) in [6.07, 6.45) is 0. The first-order chi connectivity index (χ1) is 6.77. The summed E-state index contributed by atoms with van der Waals surface area (Å²) in [5.41, 5.74) is 0. The third-order valence-electron chi connectivity index (χ3n) is 2.87. The summed E-state index contributed by atoms with van der Waals surface area (Å²) in [5, 5.41) is 3.35. The van der Waals surface area contributed by atoms with Gasteiger partial charge in [0.25, 0.3) is 0 Å². The average molecular weight is 194 g/mol. The zero-order valence-electron chi connectivity index (χ0n) is 8.92. The molecule has 0 aromatic carbocycles. The van der Waals surface area contributed by atoms with Gasteiger partial charge in [-0.25, -0.2) is 0 Å². The van der Waals surface area contributed by atoms with Gasteiger partial charge in [0, 0.05) is 26.2 Å². The van der Waals surface area contributed by atoms with Crippen LogP contribution in [0.15, 0.2) is 16.5 Å². The molecule has 3 heteroatoms. The predicted molar refractivity (Wildman–Crippen MR) is 56.3 cm³/mol. The van der Waals surface area contributed by atoms with Crippen molar-refractivity contribution < 1.29 is 4.42 Å². The fraction of sp³-hybridized carbons (Fsp3) is 0.636. The van der Waals surface area contributed by atoms with Crippen LogP contribution >= 0.6 is 0 Å². The number of hydrogen-bond acceptors (Lipinski definition) is 3. The number of nitrogens with zero attached hydrogens (tertiary/aromatic N) is 1. The molecule has 0 aliphatic carbocycles. The van der Waals surface area contributed by atoms with Crippen molar-refractivity contribution in [3.8, 4) is 0 Å². The van der Waals surface area contributed by atoms with Gasteiger partial charge < -0.3 is 9.73 Å². The maximum atomic E-state index is 5.64. The van der Waals surface area contributed by atoms with E-state index in [1.54, 1.807) is 0 Å². The summed E-state index contributed by atoms with van der Waals surface area (Å²) in [5.74, 6) is 2.09. The van der Waals surface area contributed by atoms with Crippen LogP contribution in [-0.4, -0.2) is 31.1 Å². The van der Waals surface area contributed by atoms with Crippen LogP contribution in [0.1, 0.15) is 24.5 Å². The second kappa shape index (κ2) is 4.15. The minimum absolute atomic E-state index is 0.408. The van der Waals surface area contributed by atoms with Crippen molar-refractivity contribution in [3.63, 3.8) is 0 Å². The molecular weight excluding hydrogens is 176 g/mol. The summed E-state index contributed by atoms with van der Waals surface area (Å²) >= 11 is 0. The van der Waals surface area contributed by atoms with Gasteiger partial charge >= 0.3 is 0 Å². The standard InChI is InChI=1S/C11H18N2O/c1-9-3-4-11(14-9)10(2)13-7-5-12-6-8-13/h3-4,10,12H,5-8H2,1-2H3. The van der Waals surface area contributed by atoms with Gasteiger partial charge in [-0.05, 0) is 26.0 Å². The molecule has 3 nitrogen and oxygen atoms in total. The van der Waals surface area contributed by atoms with E-state index in [4.69, 9.17) is 4.42 Å². The van der Waals surface area contributed by atoms with Gasteiger partial charge in [0.2, 0.25) is 0 Å². The molecule has 1 aromatic heterocycles. The van der Waals surface area contributed by atoms with Crippen LogP contribution in [0.25, 0.3) is 0 Å². The average Bonchev–Trinajstić information content (AvgIpc) is 2.65. The molecule has 1 saturated heterocycles. The molecule has 0 bridgehead atoms. The van der Waals surface area contributed by atoms with Crippen LogP contribution in [0, 0.1) is 6.92 Å². The van der Waals surface area contributed by atoms with Gasteiger partial charge in [-0.2, -0.15) is 0 Å². The number of piperazine rings is 1. The van der Waals surface area contributed by atoms with Gasteiger partial charge in [-0.3, -0.25) is 4.90 Å². The van der Waals surface area contributed by atoms with Crippen LogP contribution in [0.2, 0.25) is 0 Å². The van der Waals surface area contributed by atoms with E-state index in [9.17, 15) is 0 Å². The highest BCUT2D eigenvalue weighted by molar-refractivity contribution is 5.09. The maximum absolute atomic E-state index is 5.64. The highest BCUT2D eigenvalue weighted by Crippen LogP contribution is 2.22. The molecule has 2 rings (SSSR count). The van der Waals surface area contributed by atoms with Crippen molar-refractivity contribution in [2.45, 2.75) is 19.9 Å². The van der Waals surface area contributed by atoms with Crippen molar-refractivity contribution in [2.24, 2.45) is 0 Å². The summed E-state index contributed by atoms with van der Waals surface area (Å²) in [7, 11) is 0. The van der Waals surface area contributed by atoms with Gasteiger partial charge in [-0.15, -0.1) is 0 Å². The second-order valence-corrected chi connectivity index (χ2v) is 3.91. The van der Waals surface area contributed by atoms with Gasteiger partial charge in [0.15, 0.2) is 0 Å². The Morgan fingerprint density at radius 2 is 2.07 bits per heavy atom. The maximum Gasteiger partial charge on any atom is 0.121 e. The fourth-order valence-electron chi connectivity index (χ4n) is 1.93. The van der Waals surface area contributed by atoms with E-state index in [1.165, 1.54) is 0 Å². The first-order valence-electron chi connectivity index (χ1n) is 5.28. The number of furan rings is 1. The minimum Gasteiger partial charge on any atom is -0.465 e. The van der Waals surface area contributed by atoms with E-state index >= 15 is 0 Å². The Morgan fingerprint density at radius 3 is 2.64 bits per heavy atom. The molecule has 0 saturated carbocycles. The van der Waals surface area contributed by atoms with E-state index in [-0.39, 0.29) is 0 Å². The van der Waals surface area contributed by atoms with Crippen LogP contribution < -0.4 is 5.32 Å². The smallest absolute Gasteiger partial charge is 0.121 e. The Morgan fingerprint density at radius 1 is 1.36 bits per heavy atom. The lowest BCUT2D eigenvalue weighted by atomic mass is 10.2. The van der Waals surface area contributed by atoms with E-state index < -0.39 is 0 Å². The molecule has 1 aromatic rings.